The fourth-order valence-electron chi connectivity index (χ4n) is 3.23. The summed E-state index contributed by atoms with van der Waals surface area (Å²) >= 11 is 0. The maximum atomic E-state index is 11.3. The third kappa shape index (κ3) is 4.59. The van der Waals surface area contributed by atoms with Gasteiger partial charge in [-0.05, 0) is 31.4 Å². The van der Waals surface area contributed by atoms with Crippen LogP contribution in [0.1, 0.15) is 18.4 Å². The molecule has 1 saturated heterocycles. The Hall–Kier alpha value is -1.31. The normalized spacial score (nSPS) is 22.0. The lowest BCUT2D eigenvalue weighted by Crippen LogP contribution is -2.40. The van der Waals surface area contributed by atoms with E-state index in [1.54, 1.807) is 0 Å². The zero-order valence-corrected chi connectivity index (χ0v) is 14.3. The average Bonchev–Trinajstić information content (AvgIpc) is 2.53. The van der Waals surface area contributed by atoms with Crippen molar-refractivity contribution in [3.63, 3.8) is 0 Å². The van der Waals surface area contributed by atoms with Crippen molar-refractivity contribution in [2.45, 2.75) is 19.4 Å². The number of sulfonamides is 1. The van der Waals surface area contributed by atoms with Crippen LogP contribution in [0.2, 0.25) is 0 Å². The predicted octanol–water partition coefficient (Wildman–Crippen LogP) is 1.22. The summed E-state index contributed by atoms with van der Waals surface area (Å²) in [5.41, 5.74) is 1.14. The molecule has 0 radical (unpaired) electrons. The SMILES string of the molecule is CS(=O)(=O)NC[C@H]1CCCN(Cc2cccc3c2OCCO3)C1. The number of benzene rings is 1. The maximum absolute atomic E-state index is 11.3. The molecule has 1 fully saturated rings. The summed E-state index contributed by atoms with van der Waals surface area (Å²) in [5, 5.41) is 0. The van der Waals surface area contributed by atoms with Gasteiger partial charge in [-0.15, -0.1) is 0 Å². The first kappa shape index (κ1) is 16.5. The van der Waals surface area contributed by atoms with Crippen LogP contribution in [-0.2, 0) is 16.6 Å². The van der Waals surface area contributed by atoms with Gasteiger partial charge in [0, 0.05) is 25.2 Å². The summed E-state index contributed by atoms with van der Waals surface area (Å²) in [4.78, 5) is 2.37. The molecule has 0 aliphatic carbocycles. The lowest BCUT2D eigenvalue weighted by Gasteiger charge is -2.33. The highest BCUT2D eigenvalue weighted by Crippen LogP contribution is 2.34. The first-order valence-electron chi connectivity index (χ1n) is 8.06. The molecule has 6 nitrogen and oxygen atoms in total. The molecule has 0 amide bonds. The molecule has 0 aromatic heterocycles. The van der Waals surface area contributed by atoms with Gasteiger partial charge < -0.3 is 9.47 Å². The number of ether oxygens (including phenoxy) is 2. The number of rotatable bonds is 5. The van der Waals surface area contributed by atoms with Gasteiger partial charge in [-0.1, -0.05) is 12.1 Å². The van der Waals surface area contributed by atoms with Gasteiger partial charge >= 0.3 is 0 Å². The predicted molar refractivity (Wildman–Crippen MR) is 88.3 cm³/mol. The average molecular weight is 340 g/mol. The van der Waals surface area contributed by atoms with Gasteiger partial charge in [-0.25, -0.2) is 13.1 Å². The lowest BCUT2D eigenvalue weighted by molar-refractivity contribution is 0.152. The molecule has 3 rings (SSSR count). The highest BCUT2D eigenvalue weighted by Gasteiger charge is 2.23. The molecule has 2 heterocycles. The lowest BCUT2D eigenvalue weighted by atomic mass is 9.97. The standard InChI is InChI=1S/C16H24N2O4S/c1-23(19,20)17-10-13-4-3-7-18(11-13)12-14-5-2-6-15-16(14)22-9-8-21-15/h2,5-6,13,17H,3-4,7-12H2,1H3/t13-/m1/s1. The molecule has 0 bridgehead atoms. The van der Waals surface area contributed by atoms with Crippen molar-refractivity contribution in [2.24, 2.45) is 5.92 Å². The van der Waals surface area contributed by atoms with Gasteiger partial charge in [0.05, 0.1) is 6.26 Å². The highest BCUT2D eigenvalue weighted by molar-refractivity contribution is 7.88. The Bertz CT molecular complexity index is 647. The van der Waals surface area contributed by atoms with E-state index in [1.807, 2.05) is 12.1 Å². The molecule has 1 N–H and O–H groups in total. The summed E-state index contributed by atoms with van der Waals surface area (Å²) in [5.74, 6) is 2.03. The number of nitrogens with one attached hydrogen (secondary N) is 1. The number of nitrogens with zero attached hydrogens (tertiary/aromatic N) is 1. The van der Waals surface area contributed by atoms with E-state index in [0.717, 1.165) is 49.5 Å². The van der Waals surface area contributed by atoms with E-state index in [2.05, 4.69) is 15.7 Å². The molecule has 2 aliphatic rings. The minimum atomic E-state index is -3.12. The molecule has 1 aromatic carbocycles. The van der Waals surface area contributed by atoms with Crippen molar-refractivity contribution in [1.29, 1.82) is 0 Å². The summed E-state index contributed by atoms with van der Waals surface area (Å²) < 4.78 is 36.5. The van der Waals surface area contributed by atoms with Crippen LogP contribution < -0.4 is 14.2 Å². The van der Waals surface area contributed by atoms with Crippen molar-refractivity contribution < 1.29 is 17.9 Å². The van der Waals surface area contributed by atoms with Crippen molar-refractivity contribution in [1.82, 2.24) is 9.62 Å². The summed E-state index contributed by atoms with van der Waals surface area (Å²) in [7, 11) is -3.12. The Morgan fingerprint density at radius 1 is 1.30 bits per heavy atom. The van der Waals surface area contributed by atoms with Crippen LogP contribution in [0.5, 0.6) is 11.5 Å². The van der Waals surface area contributed by atoms with Crippen molar-refractivity contribution >= 4 is 10.0 Å². The van der Waals surface area contributed by atoms with Crippen molar-refractivity contribution in [2.75, 3.05) is 39.1 Å². The van der Waals surface area contributed by atoms with E-state index in [1.165, 1.54) is 6.26 Å². The first-order valence-corrected chi connectivity index (χ1v) is 9.95. The van der Waals surface area contributed by atoms with Crippen LogP contribution in [0, 0.1) is 5.92 Å². The fraction of sp³-hybridized carbons (Fsp3) is 0.625. The third-order valence-electron chi connectivity index (χ3n) is 4.28. The summed E-state index contributed by atoms with van der Waals surface area (Å²) in [6.45, 7) is 4.43. The first-order chi connectivity index (χ1) is 11.0. The highest BCUT2D eigenvalue weighted by atomic mass is 32.2. The smallest absolute Gasteiger partial charge is 0.208 e. The van der Waals surface area contributed by atoms with Gasteiger partial charge in [0.1, 0.15) is 13.2 Å². The summed E-state index contributed by atoms with van der Waals surface area (Å²) in [6.07, 6.45) is 3.36. The molecule has 1 aromatic rings. The second-order valence-corrected chi connectivity index (χ2v) is 8.14. The zero-order chi connectivity index (χ0) is 16.3. The molecule has 0 saturated carbocycles. The summed E-state index contributed by atoms with van der Waals surface area (Å²) in [6, 6.07) is 6.01. The zero-order valence-electron chi connectivity index (χ0n) is 13.5. The number of hydrogen-bond donors (Lipinski definition) is 1. The topological polar surface area (TPSA) is 67.9 Å². The van der Waals surface area contributed by atoms with Crippen molar-refractivity contribution in [3.8, 4) is 11.5 Å². The third-order valence-corrected chi connectivity index (χ3v) is 4.97. The number of hydrogen-bond acceptors (Lipinski definition) is 5. The monoisotopic (exact) mass is 340 g/mol. The second-order valence-electron chi connectivity index (χ2n) is 6.31. The van der Waals surface area contributed by atoms with Crippen LogP contribution in [0.15, 0.2) is 18.2 Å². The van der Waals surface area contributed by atoms with Gasteiger partial charge in [-0.3, -0.25) is 4.90 Å². The van der Waals surface area contributed by atoms with Gasteiger partial charge in [0.2, 0.25) is 10.0 Å². The van der Waals surface area contributed by atoms with E-state index in [0.29, 0.717) is 25.7 Å². The van der Waals surface area contributed by atoms with E-state index in [9.17, 15) is 8.42 Å². The second kappa shape index (κ2) is 7.07. The molecule has 0 spiro atoms. The molecular weight excluding hydrogens is 316 g/mol. The van der Waals surface area contributed by atoms with Crippen LogP contribution >= 0.6 is 0 Å². The van der Waals surface area contributed by atoms with Gasteiger partial charge in [0.25, 0.3) is 0 Å². The van der Waals surface area contributed by atoms with Crippen LogP contribution in [0.3, 0.4) is 0 Å². The number of piperidine rings is 1. The largest absolute Gasteiger partial charge is 0.486 e. The molecule has 2 aliphatic heterocycles. The molecule has 7 heteroatoms. The molecule has 128 valence electrons. The molecular formula is C16H24N2O4S. The van der Waals surface area contributed by atoms with E-state index >= 15 is 0 Å². The number of fused-ring (bicyclic) bond motifs is 1. The van der Waals surface area contributed by atoms with Crippen LogP contribution in [-0.4, -0.2) is 52.4 Å². The Labute approximate surface area is 137 Å². The number of likely N-dealkylation sites (tertiary alicyclic amines) is 1. The Balaban J connectivity index is 1.62. The Morgan fingerprint density at radius 3 is 2.96 bits per heavy atom. The Kier molecular flexibility index (Phi) is 5.08. The van der Waals surface area contributed by atoms with Crippen molar-refractivity contribution in [3.05, 3.63) is 23.8 Å². The number of para-hydroxylation sites is 1. The van der Waals surface area contributed by atoms with Crippen LogP contribution in [0.4, 0.5) is 0 Å². The van der Waals surface area contributed by atoms with E-state index in [-0.39, 0.29) is 0 Å². The molecule has 0 unspecified atom stereocenters. The fourth-order valence-corrected chi connectivity index (χ4v) is 3.77. The van der Waals surface area contributed by atoms with Gasteiger partial charge in [0.15, 0.2) is 11.5 Å². The van der Waals surface area contributed by atoms with Crippen LogP contribution in [0.25, 0.3) is 0 Å². The molecule has 1 atom stereocenters. The van der Waals surface area contributed by atoms with E-state index in [4.69, 9.17) is 9.47 Å². The van der Waals surface area contributed by atoms with Gasteiger partial charge in [-0.2, -0.15) is 0 Å². The minimum Gasteiger partial charge on any atom is -0.486 e. The quantitative estimate of drug-likeness (QED) is 0.873. The minimum absolute atomic E-state index is 0.357. The Morgan fingerprint density at radius 2 is 2.13 bits per heavy atom. The maximum Gasteiger partial charge on any atom is 0.208 e. The molecule has 23 heavy (non-hydrogen) atoms. The van der Waals surface area contributed by atoms with E-state index < -0.39 is 10.0 Å².